The van der Waals surface area contributed by atoms with E-state index in [9.17, 15) is 9.90 Å². The van der Waals surface area contributed by atoms with Gasteiger partial charge < -0.3 is 9.84 Å². The number of hydrogen-bond acceptors (Lipinski definition) is 3. The molecule has 0 bridgehead atoms. The fourth-order valence-corrected chi connectivity index (χ4v) is 2.74. The minimum Gasteiger partial charge on any atom is -0.461 e. The molecular formula is C8H12Br2O3. The predicted octanol–water partition coefficient (Wildman–Crippen LogP) is 1.60. The first-order chi connectivity index (χ1) is 6.02. The maximum absolute atomic E-state index is 10.7. The fraction of sp³-hybridized carbons (Fsp3) is 0.875. The molecule has 0 radical (unpaired) electrons. The number of carbonyl (C=O) groups excluding carboxylic acids is 1. The number of halogens is 2. The standard InChI is InChI=1S/C8H12Br2O3/c1-4(11)13-6-3-2-5(12)7(9)8(6)10/h5-8,12H,2-3H2,1H3/t5-,6+,7+,8+/m1/s1. The van der Waals surface area contributed by atoms with Crippen molar-refractivity contribution in [3.05, 3.63) is 0 Å². The van der Waals surface area contributed by atoms with Gasteiger partial charge in [0.05, 0.1) is 15.8 Å². The Balaban J connectivity index is 2.53. The smallest absolute Gasteiger partial charge is 0.302 e. The van der Waals surface area contributed by atoms with E-state index in [0.717, 1.165) is 0 Å². The molecule has 1 rings (SSSR count). The van der Waals surface area contributed by atoms with Crippen LogP contribution in [0.1, 0.15) is 19.8 Å². The minimum atomic E-state index is -0.365. The van der Waals surface area contributed by atoms with Gasteiger partial charge >= 0.3 is 5.97 Å². The maximum atomic E-state index is 10.7. The molecule has 0 aromatic rings. The molecule has 1 aliphatic carbocycles. The van der Waals surface area contributed by atoms with Crippen LogP contribution in [0.25, 0.3) is 0 Å². The van der Waals surface area contributed by atoms with Gasteiger partial charge in [0.15, 0.2) is 0 Å². The Morgan fingerprint density at radius 3 is 2.54 bits per heavy atom. The molecule has 76 valence electrons. The van der Waals surface area contributed by atoms with Gasteiger partial charge in [-0.1, -0.05) is 31.9 Å². The van der Waals surface area contributed by atoms with Crippen molar-refractivity contribution in [2.75, 3.05) is 0 Å². The van der Waals surface area contributed by atoms with Crippen molar-refractivity contribution in [1.82, 2.24) is 0 Å². The molecule has 1 N–H and O–H groups in total. The van der Waals surface area contributed by atoms with E-state index in [1.807, 2.05) is 0 Å². The van der Waals surface area contributed by atoms with Gasteiger partial charge in [0, 0.05) is 6.92 Å². The van der Waals surface area contributed by atoms with E-state index < -0.39 is 0 Å². The van der Waals surface area contributed by atoms with Gasteiger partial charge in [-0.2, -0.15) is 0 Å². The van der Waals surface area contributed by atoms with Crippen LogP contribution >= 0.6 is 31.9 Å². The van der Waals surface area contributed by atoms with Crippen LogP contribution in [0, 0.1) is 0 Å². The molecule has 0 amide bonds. The Bertz CT molecular complexity index is 198. The van der Waals surface area contributed by atoms with Crippen LogP contribution in [0.4, 0.5) is 0 Å². The van der Waals surface area contributed by atoms with E-state index in [1.54, 1.807) is 0 Å². The third-order valence-corrected chi connectivity index (χ3v) is 5.14. The van der Waals surface area contributed by atoms with Gasteiger partial charge in [0.2, 0.25) is 0 Å². The molecule has 0 saturated heterocycles. The van der Waals surface area contributed by atoms with Gasteiger partial charge in [-0.15, -0.1) is 0 Å². The number of aliphatic hydroxyl groups is 1. The lowest BCUT2D eigenvalue weighted by Crippen LogP contribution is -2.44. The Labute approximate surface area is 94.1 Å². The van der Waals surface area contributed by atoms with Crippen LogP contribution in [0.3, 0.4) is 0 Å². The number of carbonyl (C=O) groups is 1. The first kappa shape index (κ1) is 11.5. The summed E-state index contributed by atoms with van der Waals surface area (Å²) < 4.78 is 5.10. The molecule has 4 atom stereocenters. The van der Waals surface area contributed by atoms with Crippen molar-refractivity contribution in [3.8, 4) is 0 Å². The average molecular weight is 316 g/mol. The number of hydrogen-bond donors (Lipinski definition) is 1. The number of alkyl halides is 2. The Hall–Kier alpha value is 0.390. The van der Waals surface area contributed by atoms with Gasteiger partial charge in [-0.3, -0.25) is 4.79 Å². The summed E-state index contributed by atoms with van der Waals surface area (Å²) in [6.45, 7) is 1.40. The third-order valence-electron chi connectivity index (χ3n) is 2.09. The Kier molecular flexibility index (Phi) is 4.19. The van der Waals surface area contributed by atoms with Crippen LogP contribution < -0.4 is 0 Å². The Morgan fingerprint density at radius 2 is 2.00 bits per heavy atom. The van der Waals surface area contributed by atoms with Crippen LogP contribution in [-0.4, -0.2) is 32.9 Å². The molecule has 0 unspecified atom stereocenters. The normalized spacial score (nSPS) is 40.0. The molecule has 13 heavy (non-hydrogen) atoms. The average Bonchev–Trinajstić information content (AvgIpc) is 2.06. The van der Waals surface area contributed by atoms with Crippen molar-refractivity contribution in [2.24, 2.45) is 0 Å². The largest absolute Gasteiger partial charge is 0.461 e. The second-order valence-corrected chi connectivity index (χ2v) is 5.30. The zero-order valence-corrected chi connectivity index (χ0v) is 10.4. The topological polar surface area (TPSA) is 46.5 Å². The first-order valence-electron chi connectivity index (χ1n) is 4.16. The van der Waals surface area contributed by atoms with Crippen LogP contribution in [0.15, 0.2) is 0 Å². The lowest BCUT2D eigenvalue weighted by molar-refractivity contribution is -0.148. The highest BCUT2D eigenvalue weighted by molar-refractivity contribution is 9.12. The number of ether oxygens (including phenoxy) is 1. The molecule has 1 saturated carbocycles. The highest BCUT2D eigenvalue weighted by atomic mass is 79.9. The summed E-state index contributed by atoms with van der Waals surface area (Å²) in [5.41, 5.74) is 0. The monoisotopic (exact) mass is 314 g/mol. The van der Waals surface area contributed by atoms with Crippen molar-refractivity contribution in [1.29, 1.82) is 0 Å². The molecular weight excluding hydrogens is 304 g/mol. The Morgan fingerprint density at radius 1 is 1.38 bits per heavy atom. The molecule has 0 spiro atoms. The third kappa shape index (κ3) is 2.92. The van der Waals surface area contributed by atoms with Crippen LogP contribution in [-0.2, 0) is 9.53 Å². The lowest BCUT2D eigenvalue weighted by Gasteiger charge is -2.34. The van der Waals surface area contributed by atoms with Crippen LogP contribution in [0.2, 0.25) is 0 Å². The second kappa shape index (κ2) is 4.75. The first-order valence-corrected chi connectivity index (χ1v) is 5.99. The molecule has 5 heteroatoms. The second-order valence-electron chi connectivity index (χ2n) is 3.18. The number of aliphatic hydroxyl groups excluding tert-OH is 1. The van der Waals surface area contributed by atoms with Crippen molar-refractivity contribution in [3.63, 3.8) is 0 Å². The zero-order chi connectivity index (χ0) is 10.0. The summed E-state index contributed by atoms with van der Waals surface area (Å²) in [5.74, 6) is -0.273. The quantitative estimate of drug-likeness (QED) is 0.590. The SMILES string of the molecule is CC(=O)O[C@H]1CC[C@@H](O)[C@H](Br)[C@H]1Br. The van der Waals surface area contributed by atoms with Gasteiger partial charge in [-0.25, -0.2) is 0 Å². The summed E-state index contributed by atoms with van der Waals surface area (Å²) in [6, 6.07) is 0. The van der Waals surface area contributed by atoms with Crippen molar-refractivity contribution < 1.29 is 14.6 Å². The summed E-state index contributed by atoms with van der Waals surface area (Å²) in [4.78, 5) is 10.7. The predicted molar refractivity (Wildman–Crippen MR) is 56.2 cm³/mol. The molecule has 3 nitrogen and oxygen atoms in total. The lowest BCUT2D eigenvalue weighted by atomic mass is 9.95. The van der Waals surface area contributed by atoms with Gasteiger partial charge in [0.25, 0.3) is 0 Å². The summed E-state index contributed by atoms with van der Waals surface area (Å²) in [7, 11) is 0. The van der Waals surface area contributed by atoms with Crippen molar-refractivity contribution in [2.45, 2.75) is 41.6 Å². The van der Waals surface area contributed by atoms with E-state index in [1.165, 1.54) is 6.92 Å². The summed E-state index contributed by atoms with van der Waals surface area (Å²) in [5, 5.41) is 9.48. The van der Waals surface area contributed by atoms with E-state index >= 15 is 0 Å². The molecule has 1 aliphatic rings. The van der Waals surface area contributed by atoms with E-state index in [2.05, 4.69) is 31.9 Å². The highest BCUT2D eigenvalue weighted by Crippen LogP contribution is 2.32. The minimum absolute atomic E-state index is 0.0138. The van der Waals surface area contributed by atoms with Crippen LogP contribution in [0.5, 0.6) is 0 Å². The molecule has 0 aromatic carbocycles. The zero-order valence-electron chi connectivity index (χ0n) is 7.24. The summed E-state index contributed by atoms with van der Waals surface area (Å²) >= 11 is 6.77. The van der Waals surface area contributed by atoms with Gasteiger partial charge in [0.1, 0.15) is 6.10 Å². The summed E-state index contributed by atoms with van der Waals surface area (Å²) in [6.07, 6.45) is 0.871. The van der Waals surface area contributed by atoms with E-state index in [0.29, 0.717) is 12.8 Å². The van der Waals surface area contributed by atoms with Gasteiger partial charge in [-0.05, 0) is 12.8 Å². The van der Waals surface area contributed by atoms with Crippen molar-refractivity contribution >= 4 is 37.8 Å². The molecule has 0 aromatic heterocycles. The number of rotatable bonds is 1. The highest BCUT2D eigenvalue weighted by Gasteiger charge is 2.37. The molecule has 1 fully saturated rings. The number of esters is 1. The molecule has 0 aliphatic heterocycles. The van der Waals surface area contributed by atoms with E-state index in [4.69, 9.17) is 4.74 Å². The molecule has 0 heterocycles. The van der Waals surface area contributed by atoms with E-state index in [-0.39, 0.29) is 27.8 Å². The fourth-order valence-electron chi connectivity index (χ4n) is 1.41. The maximum Gasteiger partial charge on any atom is 0.302 e.